The lowest BCUT2D eigenvalue weighted by Gasteiger charge is -2.40. The lowest BCUT2D eigenvalue weighted by Crippen LogP contribution is -2.57. The number of guanidine groups is 1. The van der Waals surface area contributed by atoms with E-state index in [0.717, 1.165) is 12.1 Å². The summed E-state index contributed by atoms with van der Waals surface area (Å²) in [5.41, 5.74) is 6.77. The molecule has 1 aromatic rings. The molecule has 0 saturated carbocycles. The van der Waals surface area contributed by atoms with Crippen LogP contribution in [-0.4, -0.2) is 54.4 Å². The predicted molar refractivity (Wildman–Crippen MR) is 101 cm³/mol. The summed E-state index contributed by atoms with van der Waals surface area (Å²) in [4.78, 5) is 20.3. The molecule has 2 N–H and O–H groups in total. The first-order valence-corrected chi connectivity index (χ1v) is 7.40. The van der Waals surface area contributed by atoms with Crippen molar-refractivity contribution in [2.24, 2.45) is 10.7 Å². The molecule has 5 nitrogen and oxygen atoms in total. The van der Waals surface area contributed by atoms with E-state index >= 15 is 0 Å². The summed E-state index contributed by atoms with van der Waals surface area (Å²) < 4.78 is 0. The number of aliphatic imine (C=N–C) groups is 1. The largest absolute Gasteiger partial charge is 0.370 e. The van der Waals surface area contributed by atoms with Crippen LogP contribution in [0.25, 0.3) is 0 Å². The molecule has 1 aromatic carbocycles. The monoisotopic (exact) mass is 436 g/mol. The molecule has 1 heterocycles. The van der Waals surface area contributed by atoms with Gasteiger partial charge in [-0.05, 0) is 24.6 Å². The molecule has 0 aliphatic carbocycles. The Kier molecular flexibility index (Phi) is 7.41. The number of nitrogens with two attached hydrogens (primary N) is 1. The van der Waals surface area contributed by atoms with Crippen molar-refractivity contribution in [2.75, 3.05) is 26.7 Å². The molecule has 122 valence electrons. The van der Waals surface area contributed by atoms with Gasteiger partial charge in [-0.2, -0.15) is 0 Å². The molecule has 0 aromatic heterocycles. The van der Waals surface area contributed by atoms with Crippen LogP contribution in [0.5, 0.6) is 0 Å². The molecule has 1 aliphatic rings. The minimum absolute atomic E-state index is 0. The van der Waals surface area contributed by atoms with E-state index in [4.69, 9.17) is 17.3 Å². The summed E-state index contributed by atoms with van der Waals surface area (Å²) in [6.07, 6.45) is 0.377. The van der Waals surface area contributed by atoms with E-state index in [2.05, 4.69) is 4.99 Å². The normalized spacial score (nSPS) is 18.9. The van der Waals surface area contributed by atoms with Crippen LogP contribution < -0.4 is 5.73 Å². The topological polar surface area (TPSA) is 61.9 Å². The number of nitrogens with zero attached hydrogens (tertiary/aromatic N) is 3. The molecule has 0 radical (unpaired) electrons. The molecule has 2 rings (SSSR count). The van der Waals surface area contributed by atoms with Crippen LogP contribution in [0.4, 0.5) is 0 Å². The smallest absolute Gasteiger partial charge is 0.227 e. The van der Waals surface area contributed by atoms with E-state index in [1.54, 1.807) is 7.05 Å². The van der Waals surface area contributed by atoms with Gasteiger partial charge in [-0.15, -0.1) is 24.0 Å². The van der Waals surface area contributed by atoms with E-state index in [-0.39, 0.29) is 35.9 Å². The van der Waals surface area contributed by atoms with Gasteiger partial charge in [-0.1, -0.05) is 23.7 Å². The van der Waals surface area contributed by atoms with Gasteiger partial charge in [-0.25, -0.2) is 0 Å². The summed E-state index contributed by atoms with van der Waals surface area (Å²) >= 11 is 5.95. The zero-order chi connectivity index (χ0) is 15.4. The molecular weight excluding hydrogens is 415 g/mol. The first-order valence-electron chi connectivity index (χ1n) is 7.02. The van der Waals surface area contributed by atoms with Gasteiger partial charge >= 0.3 is 0 Å². The van der Waals surface area contributed by atoms with Crippen molar-refractivity contribution in [1.82, 2.24) is 9.80 Å². The van der Waals surface area contributed by atoms with Crippen LogP contribution in [-0.2, 0) is 11.2 Å². The van der Waals surface area contributed by atoms with Gasteiger partial charge in [0.25, 0.3) is 0 Å². The van der Waals surface area contributed by atoms with Gasteiger partial charge in [0.05, 0.1) is 6.42 Å². The maximum absolute atomic E-state index is 12.4. The van der Waals surface area contributed by atoms with Crippen LogP contribution in [0.3, 0.4) is 0 Å². The van der Waals surface area contributed by atoms with Crippen molar-refractivity contribution in [3.63, 3.8) is 0 Å². The van der Waals surface area contributed by atoms with E-state index in [9.17, 15) is 4.79 Å². The molecule has 1 atom stereocenters. The standard InChI is InChI=1S/C15H21ClN4O.HI/c1-11-10-19(15(17)18-2)6-7-20(11)14(21)9-12-4-3-5-13(16)8-12;/h3-5,8,11H,6-7,9-10H2,1-2H3,(H2,17,18);1H. The highest BCUT2D eigenvalue weighted by atomic mass is 127. The van der Waals surface area contributed by atoms with Gasteiger partial charge in [-0.3, -0.25) is 9.79 Å². The third-order valence-corrected chi connectivity index (χ3v) is 3.98. The van der Waals surface area contributed by atoms with Gasteiger partial charge in [0, 0.05) is 37.7 Å². The number of hydrogen-bond acceptors (Lipinski definition) is 2. The van der Waals surface area contributed by atoms with E-state index in [1.807, 2.05) is 41.0 Å². The number of piperazine rings is 1. The fourth-order valence-corrected chi connectivity index (χ4v) is 2.81. The second-order valence-corrected chi connectivity index (χ2v) is 5.71. The molecule has 1 unspecified atom stereocenters. The maximum Gasteiger partial charge on any atom is 0.227 e. The Balaban J connectivity index is 0.00000242. The minimum atomic E-state index is 0. The number of rotatable bonds is 2. The summed E-state index contributed by atoms with van der Waals surface area (Å²) in [5.74, 6) is 0.653. The quantitative estimate of drug-likeness (QED) is 0.438. The zero-order valence-electron chi connectivity index (χ0n) is 12.8. The number of benzene rings is 1. The first-order chi connectivity index (χ1) is 10.0. The Bertz CT molecular complexity index is 552. The van der Waals surface area contributed by atoms with Crippen molar-refractivity contribution >= 4 is 47.4 Å². The molecule has 1 aliphatic heterocycles. The molecule has 1 saturated heterocycles. The highest BCUT2D eigenvalue weighted by Crippen LogP contribution is 2.15. The van der Waals surface area contributed by atoms with E-state index in [0.29, 0.717) is 30.5 Å². The Hall–Kier alpha value is -1.02. The molecule has 22 heavy (non-hydrogen) atoms. The highest BCUT2D eigenvalue weighted by molar-refractivity contribution is 14.0. The number of hydrogen-bond donors (Lipinski definition) is 1. The average molecular weight is 437 g/mol. The third kappa shape index (κ3) is 4.74. The molecular formula is C15H22ClIN4O. The predicted octanol–water partition coefficient (Wildman–Crippen LogP) is 1.98. The van der Waals surface area contributed by atoms with E-state index < -0.39 is 0 Å². The van der Waals surface area contributed by atoms with Gasteiger partial charge in [0.2, 0.25) is 5.91 Å². The second kappa shape index (κ2) is 8.57. The van der Waals surface area contributed by atoms with Crippen molar-refractivity contribution in [3.05, 3.63) is 34.9 Å². The van der Waals surface area contributed by atoms with Crippen LogP contribution in [0.1, 0.15) is 12.5 Å². The van der Waals surface area contributed by atoms with Gasteiger partial charge < -0.3 is 15.5 Å². The van der Waals surface area contributed by atoms with Gasteiger partial charge in [0.1, 0.15) is 0 Å². The Morgan fingerprint density at radius 3 is 2.77 bits per heavy atom. The Morgan fingerprint density at radius 1 is 1.45 bits per heavy atom. The fourth-order valence-electron chi connectivity index (χ4n) is 2.60. The first kappa shape index (κ1) is 19.0. The van der Waals surface area contributed by atoms with Crippen LogP contribution in [0, 0.1) is 0 Å². The lowest BCUT2D eigenvalue weighted by molar-refractivity contribution is -0.134. The highest BCUT2D eigenvalue weighted by Gasteiger charge is 2.27. The molecule has 7 heteroatoms. The van der Waals surface area contributed by atoms with Crippen LogP contribution >= 0.6 is 35.6 Å². The number of carbonyl (C=O) groups excluding carboxylic acids is 1. The zero-order valence-corrected chi connectivity index (χ0v) is 15.9. The molecule has 0 bridgehead atoms. The number of amides is 1. The minimum Gasteiger partial charge on any atom is -0.370 e. The Labute approximate surface area is 153 Å². The second-order valence-electron chi connectivity index (χ2n) is 5.27. The van der Waals surface area contributed by atoms with Crippen LogP contribution in [0.15, 0.2) is 29.3 Å². The van der Waals surface area contributed by atoms with Crippen molar-refractivity contribution < 1.29 is 4.79 Å². The third-order valence-electron chi connectivity index (χ3n) is 3.75. The summed E-state index contributed by atoms with van der Waals surface area (Å²) in [6.45, 7) is 4.13. The average Bonchev–Trinajstić information content (AvgIpc) is 2.46. The van der Waals surface area contributed by atoms with Crippen molar-refractivity contribution in [2.45, 2.75) is 19.4 Å². The molecule has 1 fully saturated rings. The molecule has 0 spiro atoms. The summed E-state index contributed by atoms with van der Waals surface area (Å²) in [7, 11) is 1.68. The van der Waals surface area contributed by atoms with E-state index in [1.165, 1.54) is 0 Å². The number of carbonyl (C=O) groups is 1. The molecule has 1 amide bonds. The van der Waals surface area contributed by atoms with Gasteiger partial charge in [0.15, 0.2) is 5.96 Å². The van der Waals surface area contributed by atoms with Crippen molar-refractivity contribution in [1.29, 1.82) is 0 Å². The lowest BCUT2D eigenvalue weighted by atomic mass is 10.1. The SMILES string of the molecule is CN=C(N)N1CCN(C(=O)Cc2cccc(Cl)c2)C(C)C1.I. The summed E-state index contributed by atoms with van der Waals surface area (Å²) in [6, 6.07) is 7.55. The van der Waals surface area contributed by atoms with Crippen molar-refractivity contribution in [3.8, 4) is 0 Å². The fraction of sp³-hybridized carbons (Fsp3) is 0.467. The Morgan fingerprint density at radius 2 is 2.18 bits per heavy atom. The summed E-state index contributed by atoms with van der Waals surface area (Å²) in [5, 5.41) is 0.657. The number of halogens is 2. The maximum atomic E-state index is 12.4. The van der Waals surface area contributed by atoms with Crippen LogP contribution in [0.2, 0.25) is 5.02 Å².